The van der Waals surface area contributed by atoms with E-state index in [4.69, 9.17) is 11.6 Å². The molecule has 21 heavy (non-hydrogen) atoms. The summed E-state index contributed by atoms with van der Waals surface area (Å²) in [5, 5.41) is 4.36. The first-order valence-corrected chi connectivity index (χ1v) is 8.14. The molecular formula is C17H25ClN2O. The number of amides is 1. The molecule has 3 nitrogen and oxygen atoms in total. The predicted molar refractivity (Wildman–Crippen MR) is 88.9 cm³/mol. The Morgan fingerprint density at radius 3 is 2.67 bits per heavy atom. The lowest BCUT2D eigenvalue weighted by Crippen LogP contribution is -2.42. The van der Waals surface area contributed by atoms with E-state index in [1.54, 1.807) is 0 Å². The van der Waals surface area contributed by atoms with E-state index in [0.717, 1.165) is 42.2 Å². The summed E-state index contributed by atoms with van der Waals surface area (Å²) in [7, 11) is 0. The summed E-state index contributed by atoms with van der Waals surface area (Å²) in [4.78, 5) is 14.1. The minimum absolute atomic E-state index is 0.294. The van der Waals surface area contributed by atoms with Crippen molar-refractivity contribution in [2.45, 2.75) is 46.1 Å². The molecule has 1 saturated heterocycles. The quantitative estimate of drug-likeness (QED) is 0.908. The molecular weight excluding hydrogens is 284 g/mol. The van der Waals surface area contributed by atoms with Crippen molar-refractivity contribution in [3.05, 3.63) is 28.8 Å². The highest BCUT2D eigenvalue weighted by Crippen LogP contribution is 2.25. The summed E-state index contributed by atoms with van der Waals surface area (Å²) in [6.45, 7) is 7.92. The zero-order valence-electron chi connectivity index (χ0n) is 13.2. The van der Waals surface area contributed by atoms with Crippen LogP contribution in [0.4, 0.5) is 5.69 Å². The van der Waals surface area contributed by atoms with Crippen LogP contribution in [-0.2, 0) is 4.79 Å². The van der Waals surface area contributed by atoms with Crippen LogP contribution in [0.2, 0.25) is 5.02 Å². The van der Waals surface area contributed by atoms with Gasteiger partial charge in [0.25, 0.3) is 0 Å². The van der Waals surface area contributed by atoms with Crippen LogP contribution in [0.3, 0.4) is 0 Å². The summed E-state index contributed by atoms with van der Waals surface area (Å²) >= 11 is 6.15. The van der Waals surface area contributed by atoms with E-state index in [-0.39, 0.29) is 0 Å². The molecule has 0 radical (unpaired) electrons. The van der Waals surface area contributed by atoms with E-state index in [9.17, 15) is 4.79 Å². The third kappa shape index (κ3) is 4.37. The van der Waals surface area contributed by atoms with Crippen molar-refractivity contribution in [2.75, 3.05) is 18.4 Å². The molecule has 0 spiro atoms. The SMILES string of the molecule is Cc1c(Cl)cccc1NC1CCN(C(=O)CC(C)C)CC1. The highest BCUT2D eigenvalue weighted by Gasteiger charge is 2.23. The van der Waals surface area contributed by atoms with Gasteiger partial charge in [-0.3, -0.25) is 4.79 Å². The van der Waals surface area contributed by atoms with Gasteiger partial charge in [0.15, 0.2) is 0 Å². The van der Waals surface area contributed by atoms with Gasteiger partial charge in [0.2, 0.25) is 5.91 Å². The number of benzene rings is 1. The molecule has 0 aliphatic carbocycles. The highest BCUT2D eigenvalue weighted by atomic mass is 35.5. The number of hydrogen-bond acceptors (Lipinski definition) is 2. The molecule has 2 rings (SSSR count). The van der Waals surface area contributed by atoms with Crippen LogP contribution in [0.5, 0.6) is 0 Å². The Morgan fingerprint density at radius 1 is 1.38 bits per heavy atom. The van der Waals surface area contributed by atoms with E-state index < -0.39 is 0 Å². The largest absolute Gasteiger partial charge is 0.382 e. The van der Waals surface area contributed by atoms with Gasteiger partial charge in [-0.15, -0.1) is 0 Å². The Balaban J connectivity index is 1.87. The van der Waals surface area contributed by atoms with E-state index in [2.05, 4.69) is 25.2 Å². The van der Waals surface area contributed by atoms with Gasteiger partial charge >= 0.3 is 0 Å². The Morgan fingerprint density at radius 2 is 2.05 bits per heavy atom. The Labute approximate surface area is 132 Å². The van der Waals surface area contributed by atoms with Crippen LogP contribution < -0.4 is 5.32 Å². The normalized spacial score (nSPS) is 16.3. The van der Waals surface area contributed by atoms with E-state index in [0.29, 0.717) is 24.3 Å². The zero-order chi connectivity index (χ0) is 15.4. The fourth-order valence-electron chi connectivity index (χ4n) is 2.74. The molecule has 1 heterocycles. The minimum atomic E-state index is 0.294. The standard InChI is InChI=1S/C17H25ClN2O/c1-12(2)11-17(21)20-9-7-14(8-10-20)19-16-6-4-5-15(18)13(16)3/h4-6,12,14,19H,7-11H2,1-3H3. The second-order valence-corrected chi connectivity index (χ2v) is 6.72. The van der Waals surface area contributed by atoms with E-state index in [1.165, 1.54) is 0 Å². The Bertz CT molecular complexity index is 494. The molecule has 1 aromatic rings. The first kappa shape index (κ1) is 16.2. The molecule has 0 unspecified atom stereocenters. The van der Waals surface area contributed by atoms with Crippen molar-refractivity contribution in [1.29, 1.82) is 0 Å². The van der Waals surface area contributed by atoms with Gasteiger partial charge in [-0.2, -0.15) is 0 Å². The molecule has 1 N–H and O–H groups in total. The number of rotatable bonds is 4. The third-order valence-corrected chi connectivity index (χ3v) is 4.47. The maximum absolute atomic E-state index is 12.1. The van der Waals surface area contributed by atoms with Crippen LogP contribution in [0.15, 0.2) is 18.2 Å². The van der Waals surface area contributed by atoms with Gasteiger partial charge in [-0.1, -0.05) is 31.5 Å². The molecule has 4 heteroatoms. The van der Waals surface area contributed by atoms with E-state index >= 15 is 0 Å². The van der Waals surface area contributed by atoms with Crippen LogP contribution in [0, 0.1) is 12.8 Å². The number of carbonyl (C=O) groups excluding carboxylic acids is 1. The maximum Gasteiger partial charge on any atom is 0.222 e. The summed E-state index contributed by atoms with van der Waals surface area (Å²) < 4.78 is 0. The van der Waals surface area contributed by atoms with Crippen LogP contribution in [-0.4, -0.2) is 29.9 Å². The molecule has 0 saturated carbocycles. The molecule has 1 aromatic carbocycles. The zero-order valence-corrected chi connectivity index (χ0v) is 13.9. The topological polar surface area (TPSA) is 32.3 Å². The van der Waals surface area contributed by atoms with Crippen LogP contribution in [0.1, 0.15) is 38.7 Å². The molecule has 116 valence electrons. The number of halogens is 1. The Kier molecular flexibility index (Phi) is 5.51. The summed E-state index contributed by atoms with van der Waals surface area (Å²) in [6, 6.07) is 6.37. The van der Waals surface area contributed by atoms with Gasteiger partial charge in [0.05, 0.1) is 0 Å². The van der Waals surface area contributed by atoms with E-state index in [1.807, 2.05) is 24.0 Å². The van der Waals surface area contributed by atoms with Gasteiger partial charge < -0.3 is 10.2 Å². The molecule has 1 aliphatic rings. The molecule has 1 amide bonds. The van der Waals surface area contributed by atoms with Crippen molar-refractivity contribution in [1.82, 2.24) is 4.90 Å². The number of piperidine rings is 1. The lowest BCUT2D eigenvalue weighted by atomic mass is 10.0. The summed E-state index contributed by atoms with van der Waals surface area (Å²) in [5.74, 6) is 0.727. The average molecular weight is 309 g/mol. The molecule has 0 atom stereocenters. The molecule has 0 aromatic heterocycles. The fraction of sp³-hybridized carbons (Fsp3) is 0.588. The lowest BCUT2D eigenvalue weighted by molar-refractivity contribution is -0.132. The van der Waals surface area contributed by atoms with Crippen molar-refractivity contribution >= 4 is 23.2 Å². The number of likely N-dealkylation sites (tertiary alicyclic amines) is 1. The second kappa shape index (κ2) is 7.17. The first-order valence-electron chi connectivity index (χ1n) is 7.76. The first-order chi connectivity index (χ1) is 9.97. The third-order valence-electron chi connectivity index (χ3n) is 4.06. The van der Waals surface area contributed by atoms with Crippen molar-refractivity contribution in [3.8, 4) is 0 Å². The number of carbonyl (C=O) groups is 1. The fourth-order valence-corrected chi connectivity index (χ4v) is 2.91. The summed E-state index contributed by atoms with van der Waals surface area (Å²) in [5.41, 5.74) is 2.20. The minimum Gasteiger partial charge on any atom is -0.382 e. The van der Waals surface area contributed by atoms with Crippen LogP contribution >= 0.6 is 11.6 Å². The highest BCUT2D eigenvalue weighted by molar-refractivity contribution is 6.31. The Hall–Kier alpha value is -1.22. The van der Waals surface area contributed by atoms with Crippen LogP contribution in [0.25, 0.3) is 0 Å². The van der Waals surface area contributed by atoms with Gasteiger partial charge in [0.1, 0.15) is 0 Å². The number of anilines is 1. The number of nitrogens with zero attached hydrogens (tertiary/aromatic N) is 1. The van der Waals surface area contributed by atoms with Crippen molar-refractivity contribution in [2.24, 2.45) is 5.92 Å². The molecule has 1 fully saturated rings. The number of nitrogens with one attached hydrogen (secondary N) is 1. The van der Waals surface area contributed by atoms with Gasteiger partial charge in [-0.05, 0) is 43.4 Å². The molecule has 1 aliphatic heterocycles. The molecule has 0 bridgehead atoms. The van der Waals surface area contributed by atoms with Crippen molar-refractivity contribution < 1.29 is 4.79 Å². The lowest BCUT2D eigenvalue weighted by Gasteiger charge is -2.33. The monoisotopic (exact) mass is 308 g/mol. The number of hydrogen-bond donors (Lipinski definition) is 1. The van der Waals surface area contributed by atoms with Crippen molar-refractivity contribution in [3.63, 3.8) is 0 Å². The smallest absolute Gasteiger partial charge is 0.222 e. The average Bonchev–Trinajstić information content (AvgIpc) is 2.44. The van der Waals surface area contributed by atoms with Gasteiger partial charge in [-0.25, -0.2) is 0 Å². The second-order valence-electron chi connectivity index (χ2n) is 6.31. The predicted octanol–water partition coefficient (Wildman–Crippen LogP) is 4.10. The summed E-state index contributed by atoms with van der Waals surface area (Å²) in [6.07, 6.45) is 2.65. The maximum atomic E-state index is 12.1. The van der Waals surface area contributed by atoms with Gasteiger partial charge in [0, 0.05) is 36.3 Å².